The molecule has 1 N–H and O–H groups in total. The maximum atomic E-state index is 12.1. The van der Waals surface area contributed by atoms with Crippen molar-refractivity contribution in [2.24, 2.45) is 17.3 Å². The minimum absolute atomic E-state index is 0.0696. The highest BCUT2D eigenvalue weighted by Gasteiger charge is 2.53. The Balaban J connectivity index is 1.93. The molecule has 0 radical (unpaired) electrons. The van der Waals surface area contributed by atoms with Gasteiger partial charge < -0.3 is 19.5 Å². The molecule has 7 heteroatoms. The van der Waals surface area contributed by atoms with Gasteiger partial charge in [0.1, 0.15) is 12.6 Å². The van der Waals surface area contributed by atoms with E-state index in [1.54, 1.807) is 0 Å². The number of methoxy groups -OCH3 is 2. The number of rotatable bonds is 7. The van der Waals surface area contributed by atoms with E-state index < -0.39 is 18.1 Å². The molecule has 0 aliphatic heterocycles. The lowest BCUT2D eigenvalue weighted by Crippen LogP contribution is -2.53. The molecule has 148 valence electrons. The minimum atomic E-state index is -0.832. The zero-order chi connectivity index (χ0) is 20.0. The summed E-state index contributed by atoms with van der Waals surface area (Å²) in [4.78, 5) is 36.0. The average molecular weight is 377 g/mol. The molecule has 1 aliphatic carbocycles. The molecular weight excluding hydrogens is 350 g/mol. The summed E-state index contributed by atoms with van der Waals surface area (Å²) in [5.74, 6) is -0.930. The number of hydrogen-bond donors (Lipinski definition) is 1. The summed E-state index contributed by atoms with van der Waals surface area (Å²) in [6.45, 7) is 4.04. The summed E-state index contributed by atoms with van der Waals surface area (Å²) < 4.78 is 14.8. The number of carbonyl (C=O) groups excluding carboxylic acids is 3. The highest BCUT2D eigenvalue weighted by molar-refractivity contribution is 5.81. The van der Waals surface area contributed by atoms with Gasteiger partial charge in [-0.25, -0.2) is 9.59 Å². The van der Waals surface area contributed by atoms with Crippen LogP contribution in [0.4, 0.5) is 4.79 Å². The second-order valence-corrected chi connectivity index (χ2v) is 7.35. The molecule has 1 aromatic carbocycles. The molecule has 2 rings (SSSR count). The van der Waals surface area contributed by atoms with Crippen molar-refractivity contribution in [3.63, 3.8) is 0 Å². The third-order valence-corrected chi connectivity index (χ3v) is 5.47. The average Bonchev–Trinajstić information content (AvgIpc) is 2.67. The van der Waals surface area contributed by atoms with Gasteiger partial charge >= 0.3 is 18.0 Å². The largest absolute Gasteiger partial charge is 0.469 e. The molecule has 1 aromatic rings. The van der Waals surface area contributed by atoms with E-state index >= 15 is 0 Å². The van der Waals surface area contributed by atoms with Gasteiger partial charge in [0.15, 0.2) is 0 Å². The van der Waals surface area contributed by atoms with Crippen molar-refractivity contribution in [2.45, 2.75) is 39.3 Å². The third-order valence-electron chi connectivity index (χ3n) is 5.47. The standard InChI is InChI=1S/C20H27NO6/c1-20(2)14(10-15(20)17(22)25-3)11-16(18(23)26-4)21-19(24)27-12-13-8-6-5-7-9-13/h5-9,14-16H,10-12H2,1-4H3,(H,21,24)/t14-,15+,16+/m0/s1. The molecule has 0 aromatic heterocycles. The molecule has 3 atom stereocenters. The first kappa shape index (κ1) is 20.7. The molecule has 0 unspecified atom stereocenters. The van der Waals surface area contributed by atoms with Gasteiger partial charge in [0.2, 0.25) is 0 Å². The highest BCUT2D eigenvalue weighted by atomic mass is 16.6. The Kier molecular flexibility index (Phi) is 6.82. The van der Waals surface area contributed by atoms with Gasteiger partial charge in [0, 0.05) is 0 Å². The van der Waals surface area contributed by atoms with Crippen LogP contribution in [-0.4, -0.2) is 38.3 Å². The van der Waals surface area contributed by atoms with Crippen LogP contribution in [-0.2, 0) is 30.4 Å². The zero-order valence-corrected chi connectivity index (χ0v) is 16.2. The van der Waals surface area contributed by atoms with Gasteiger partial charge in [-0.1, -0.05) is 44.2 Å². The van der Waals surface area contributed by atoms with Gasteiger partial charge in [0.25, 0.3) is 0 Å². The predicted molar refractivity (Wildman–Crippen MR) is 97.6 cm³/mol. The first-order valence-electron chi connectivity index (χ1n) is 8.92. The molecule has 0 heterocycles. The van der Waals surface area contributed by atoms with Crippen LogP contribution in [0.25, 0.3) is 0 Å². The second-order valence-electron chi connectivity index (χ2n) is 7.35. The first-order valence-corrected chi connectivity index (χ1v) is 8.92. The van der Waals surface area contributed by atoms with Crippen LogP contribution in [0.15, 0.2) is 30.3 Å². The molecule has 7 nitrogen and oxygen atoms in total. The summed E-state index contributed by atoms with van der Waals surface area (Å²) in [5, 5.41) is 2.58. The van der Waals surface area contributed by atoms with Gasteiger partial charge in [-0.2, -0.15) is 0 Å². The quantitative estimate of drug-likeness (QED) is 0.580. The van der Waals surface area contributed by atoms with Crippen molar-refractivity contribution in [2.75, 3.05) is 14.2 Å². The van der Waals surface area contributed by atoms with Crippen molar-refractivity contribution in [1.82, 2.24) is 5.32 Å². The number of alkyl carbamates (subject to hydrolysis) is 1. The van der Waals surface area contributed by atoms with Crippen molar-refractivity contribution >= 4 is 18.0 Å². The van der Waals surface area contributed by atoms with E-state index in [9.17, 15) is 14.4 Å². The monoisotopic (exact) mass is 377 g/mol. The van der Waals surface area contributed by atoms with E-state index in [2.05, 4.69) is 5.32 Å². The Hall–Kier alpha value is -2.57. The van der Waals surface area contributed by atoms with Crippen molar-refractivity contribution in [3.05, 3.63) is 35.9 Å². The number of hydrogen-bond acceptors (Lipinski definition) is 6. The van der Waals surface area contributed by atoms with Crippen molar-refractivity contribution in [1.29, 1.82) is 0 Å². The lowest BCUT2D eigenvalue weighted by atomic mass is 9.53. The Labute approximate surface area is 159 Å². The molecule has 1 saturated carbocycles. The lowest BCUT2D eigenvalue weighted by Gasteiger charge is -2.51. The fourth-order valence-corrected chi connectivity index (χ4v) is 3.51. The van der Waals surface area contributed by atoms with Crippen LogP contribution in [0.5, 0.6) is 0 Å². The molecule has 1 aliphatic rings. The highest BCUT2D eigenvalue weighted by Crippen LogP contribution is 2.53. The van der Waals surface area contributed by atoms with Crippen LogP contribution < -0.4 is 5.32 Å². The van der Waals surface area contributed by atoms with Crippen molar-refractivity contribution < 1.29 is 28.6 Å². The fraction of sp³-hybridized carbons (Fsp3) is 0.550. The van der Waals surface area contributed by atoms with Crippen LogP contribution in [0.1, 0.15) is 32.3 Å². The van der Waals surface area contributed by atoms with E-state index in [0.717, 1.165) is 5.56 Å². The Morgan fingerprint density at radius 1 is 1.15 bits per heavy atom. The summed E-state index contributed by atoms with van der Waals surface area (Å²) in [7, 11) is 2.64. The van der Waals surface area contributed by atoms with E-state index in [1.165, 1.54) is 14.2 Å². The Morgan fingerprint density at radius 3 is 2.37 bits per heavy atom. The maximum absolute atomic E-state index is 12.1. The van der Waals surface area contributed by atoms with Crippen LogP contribution in [0.3, 0.4) is 0 Å². The minimum Gasteiger partial charge on any atom is -0.469 e. The zero-order valence-electron chi connectivity index (χ0n) is 16.2. The van der Waals surface area contributed by atoms with E-state index in [-0.39, 0.29) is 29.8 Å². The number of esters is 2. The number of benzene rings is 1. The number of ether oxygens (including phenoxy) is 3. The first-order chi connectivity index (χ1) is 12.8. The maximum Gasteiger partial charge on any atom is 0.408 e. The second kappa shape index (κ2) is 8.88. The van der Waals surface area contributed by atoms with Gasteiger partial charge in [-0.05, 0) is 29.7 Å². The van der Waals surface area contributed by atoms with Crippen molar-refractivity contribution in [3.8, 4) is 0 Å². The van der Waals surface area contributed by atoms with E-state index in [4.69, 9.17) is 14.2 Å². The van der Waals surface area contributed by atoms with Crippen LogP contribution >= 0.6 is 0 Å². The fourth-order valence-electron chi connectivity index (χ4n) is 3.51. The summed E-state index contributed by atoms with van der Waals surface area (Å²) in [5.41, 5.74) is 0.526. The van der Waals surface area contributed by atoms with E-state index in [0.29, 0.717) is 12.8 Å². The Bertz CT molecular complexity index is 672. The molecule has 0 saturated heterocycles. The number of nitrogens with one attached hydrogen (secondary N) is 1. The summed E-state index contributed by atoms with van der Waals surface area (Å²) >= 11 is 0. The van der Waals surface area contributed by atoms with Crippen LogP contribution in [0.2, 0.25) is 0 Å². The molecule has 0 bridgehead atoms. The molecule has 27 heavy (non-hydrogen) atoms. The number of carbonyl (C=O) groups is 3. The summed E-state index contributed by atoms with van der Waals surface area (Å²) in [6.07, 6.45) is 0.289. The SMILES string of the molecule is COC(=O)[C@H]1C[C@@H](C[C@@H](NC(=O)OCc2ccccc2)C(=O)OC)C1(C)C. The van der Waals surface area contributed by atoms with Crippen LogP contribution in [0, 0.1) is 17.3 Å². The molecule has 1 amide bonds. The molecular formula is C20H27NO6. The third kappa shape index (κ3) is 4.99. The van der Waals surface area contributed by atoms with Gasteiger partial charge in [-0.15, -0.1) is 0 Å². The number of amides is 1. The normalized spacial score (nSPS) is 21.3. The lowest BCUT2D eigenvalue weighted by molar-refractivity contribution is -0.164. The smallest absolute Gasteiger partial charge is 0.408 e. The van der Waals surface area contributed by atoms with Gasteiger partial charge in [-0.3, -0.25) is 4.79 Å². The molecule has 0 spiro atoms. The van der Waals surface area contributed by atoms with Gasteiger partial charge in [0.05, 0.1) is 20.1 Å². The summed E-state index contributed by atoms with van der Waals surface area (Å²) in [6, 6.07) is 8.43. The van der Waals surface area contributed by atoms with E-state index in [1.807, 2.05) is 44.2 Å². The molecule has 1 fully saturated rings. The predicted octanol–water partition coefficient (Wildman–Crippen LogP) is 2.68. The topological polar surface area (TPSA) is 90.9 Å². The Morgan fingerprint density at radius 2 is 1.81 bits per heavy atom.